The largest absolute Gasteiger partial charge is 0.382 e. The van der Waals surface area contributed by atoms with E-state index >= 15 is 0 Å². The Kier molecular flexibility index (Phi) is 4.22. The number of aromatic nitrogens is 1. The van der Waals surface area contributed by atoms with Crippen LogP contribution >= 0.6 is 23.1 Å². The van der Waals surface area contributed by atoms with Gasteiger partial charge in [0.2, 0.25) is 0 Å². The molecule has 1 saturated carbocycles. The van der Waals surface area contributed by atoms with Gasteiger partial charge in [-0.25, -0.2) is 4.98 Å². The number of anilines is 1. The lowest BCUT2D eigenvalue weighted by Gasteiger charge is -2.35. The van der Waals surface area contributed by atoms with Crippen molar-refractivity contribution in [3.8, 4) is 0 Å². The number of hydrogen-bond donors (Lipinski definition) is 1. The maximum atomic E-state index is 4.60. The third-order valence-electron chi connectivity index (χ3n) is 4.60. The summed E-state index contributed by atoms with van der Waals surface area (Å²) >= 11 is 3.51. The van der Waals surface area contributed by atoms with E-state index in [1.54, 1.807) is 23.1 Å². The third kappa shape index (κ3) is 2.82. The Labute approximate surface area is 129 Å². The molecule has 0 radical (unpaired) electrons. The maximum Gasteiger partial charge on any atom is 0.150 e. The van der Waals surface area contributed by atoms with Crippen molar-refractivity contribution in [2.24, 2.45) is 11.8 Å². The highest BCUT2D eigenvalue weighted by atomic mass is 32.2. The van der Waals surface area contributed by atoms with Gasteiger partial charge >= 0.3 is 0 Å². The number of fused-ring (bicyclic) bond motifs is 1. The number of nitrogens with one attached hydrogen (secondary N) is 1. The molecule has 1 aliphatic rings. The van der Waals surface area contributed by atoms with Gasteiger partial charge in [0.15, 0.2) is 4.34 Å². The van der Waals surface area contributed by atoms with Crippen molar-refractivity contribution in [3.05, 3.63) is 18.2 Å². The van der Waals surface area contributed by atoms with Crippen molar-refractivity contribution < 1.29 is 0 Å². The molecular formula is C16H22N2S2. The molecule has 3 unspecified atom stereocenters. The first-order valence-electron chi connectivity index (χ1n) is 7.38. The Balaban J connectivity index is 1.79. The highest BCUT2D eigenvalue weighted by molar-refractivity contribution is 8.00. The normalized spacial score (nSPS) is 26.9. The van der Waals surface area contributed by atoms with Crippen LogP contribution in [0.5, 0.6) is 0 Å². The minimum absolute atomic E-state index is 0.615. The van der Waals surface area contributed by atoms with Crippen LogP contribution in [0.4, 0.5) is 5.69 Å². The van der Waals surface area contributed by atoms with Crippen LogP contribution in [0, 0.1) is 11.8 Å². The lowest BCUT2D eigenvalue weighted by molar-refractivity contribution is 0.253. The minimum atomic E-state index is 0.615. The molecule has 2 nitrogen and oxygen atoms in total. The first kappa shape index (κ1) is 14.2. The lowest BCUT2D eigenvalue weighted by atomic mass is 9.78. The second-order valence-corrected chi connectivity index (χ2v) is 7.97. The molecular weight excluding hydrogens is 284 g/mol. The molecule has 108 valence electrons. The van der Waals surface area contributed by atoms with Crippen LogP contribution in [-0.4, -0.2) is 17.3 Å². The molecule has 1 aliphatic carbocycles. The van der Waals surface area contributed by atoms with Crippen molar-refractivity contribution in [1.82, 2.24) is 4.98 Å². The van der Waals surface area contributed by atoms with Crippen molar-refractivity contribution in [1.29, 1.82) is 0 Å². The van der Waals surface area contributed by atoms with Crippen LogP contribution in [-0.2, 0) is 0 Å². The van der Waals surface area contributed by atoms with E-state index < -0.39 is 0 Å². The monoisotopic (exact) mass is 306 g/mol. The van der Waals surface area contributed by atoms with Gasteiger partial charge in [0.05, 0.1) is 10.2 Å². The van der Waals surface area contributed by atoms with Crippen LogP contribution in [0.1, 0.15) is 33.1 Å². The van der Waals surface area contributed by atoms with E-state index in [1.807, 2.05) is 0 Å². The molecule has 20 heavy (non-hydrogen) atoms. The van der Waals surface area contributed by atoms with Gasteiger partial charge in [-0.3, -0.25) is 0 Å². The second-order valence-electron chi connectivity index (χ2n) is 5.88. The van der Waals surface area contributed by atoms with E-state index in [4.69, 9.17) is 0 Å². The van der Waals surface area contributed by atoms with Crippen molar-refractivity contribution in [2.75, 3.05) is 11.6 Å². The molecule has 0 spiro atoms. The van der Waals surface area contributed by atoms with Crippen LogP contribution in [0.15, 0.2) is 22.5 Å². The minimum Gasteiger partial charge on any atom is -0.382 e. The molecule has 1 heterocycles. The zero-order chi connectivity index (χ0) is 14.1. The number of benzene rings is 1. The van der Waals surface area contributed by atoms with Crippen LogP contribution in [0.25, 0.3) is 10.2 Å². The Morgan fingerprint density at radius 1 is 1.30 bits per heavy atom. The lowest BCUT2D eigenvalue weighted by Crippen LogP contribution is -2.34. The molecule has 1 aromatic carbocycles. The molecule has 0 aliphatic heterocycles. The average Bonchev–Trinajstić information content (AvgIpc) is 2.86. The summed E-state index contributed by atoms with van der Waals surface area (Å²) in [5.41, 5.74) is 2.37. The van der Waals surface area contributed by atoms with Gasteiger partial charge in [0, 0.05) is 11.7 Å². The van der Waals surface area contributed by atoms with Gasteiger partial charge in [-0.05, 0) is 42.7 Å². The first-order valence-corrected chi connectivity index (χ1v) is 9.42. The fraction of sp³-hybridized carbons (Fsp3) is 0.562. The summed E-state index contributed by atoms with van der Waals surface area (Å²) < 4.78 is 2.44. The van der Waals surface area contributed by atoms with Crippen LogP contribution in [0.2, 0.25) is 0 Å². The average molecular weight is 306 g/mol. The number of nitrogens with zero attached hydrogens (tertiary/aromatic N) is 1. The van der Waals surface area contributed by atoms with Gasteiger partial charge in [-0.15, -0.1) is 11.3 Å². The maximum absolute atomic E-state index is 4.60. The molecule has 1 N–H and O–H groups in total. The highest BCUT2D eigenvalue weighted by Gasteiger charge is 2.26. The van der Waals surface area contributed by atoms with Crippen molar-refractivity contribution in [2.45, 2.75) is 43.5 Å². The van der Waals surface area contributed by atoms with E-state index in [9.17, 15) is 0 Å². The summed E-state index contributed by atoms with van der Waals surface area (Å²) in [5, 5.41) is 3.75. The predicted molar refractivity (Wildman–Crippen MR) is 91.0 cm³/mol. The fourth-order valence-electron chi connectivity index (χ4n) is 3.08. The number of thiazole rings is 1. The molecule has 3 atom stereocenters. The SMILES string of the molecule is CSc1nc2ccc(NC3CCCC(C)C3C)cc2s1. The Morgan fingerprint density at radius 3 is 2.95 bits per heavy atom. The van der Waals surface area contributed by atoms with Crippen molar-refractivity contribution >= 4 is 39.0 Å². The van der Waals surface area contributed by atoms with Gasteiger partial charge in [0.25, 0.3) is 0 Å². The smallest absolute Gasteiger partial charge is 0.150 e. The van der Waals surface area contributed by atoms with Crippen molar-refractivity contribution in [3.63, 3.8) is 0 Å². The van der Waals surface area contributed by atoms with Gasteiger partial charge in [-0.2, -0.15) is 0 Å². The van der Waals surface area contributed by atoms with Gasteiger partial charge in [-0.1, -0.05) is 38.5 Å². The molecule has 2 aromatic rings. The van der Waals surface area contributed by atoms with Gasteiger partial charge < -0.3 is 5.32 Å². The molecule has 1 fully saturated rings. The molecule has 0 amide bonds. The van der Waals surface area contributed by atoms with E-state index in [-0.39, 0.29) is 0 Å². The summed E-state index contributed by atoms with van der Waals surface area (Å²) in [6.45, 7) is 4.77. The summed E-state index contributed by atoms with van der Waals surface area (Å²) in [6, 6.07) is 7.20. The molecule has 1 aromatic heterocycles. The van der Waals surface area contributed by atoms with E-state index in [0.29, 0.717) is 6.04 Å². The second kappa shape index (κ2) is 5.94. The van der Waals surface area contributed by atoms with Crippen LogP contribution < -0.4 is 5.32 Å². The zero-order valence-corrected chi connectivity index (χ0v) is 14.0. The van der Waals surface area contributed by atoms with Crippen LogP contribution in [0.3, 0.4) is 0 Å². The highest BCUT2D eigenvalue weighted by Crippen LogP contribution is 2.34. The first-order chi connectivity index (χ1) is 9.67. The summed E-state index contributed by atoms with van der Waals surface area (Å²) in [5.74, 6) is 1.58. The molecule has 4 heteroatoms. The molecule has 0 saturated heterocycles. The Bertz CT molecular complexity index is 593. The summed E-state index contributed by atoms with van der Waals surface area (Å²) in [7, 11) is 0. The number of hydrogen-bond acceptors (Lipinski definition) is 4. The summed E-state index contributed by atoms with van der Waals surface area (Å²) in [4.78, 5) is 4.60. The number of rotatable bonds is 3. The topological polar surface area (TPSA) is 24.9 Å². The Morgan fingerprint density at radius 2 is 2.15 bits per heavy atom. The standard InChI is InChI=1S/C16H22N2S2/c1-10-5-4-6-13(11(10)2)17-12-7-8-14-15(9-12)20-16(18-14)19-3/h7-11,13,17H,4-6H2,1-3H3. The zero-order valence-electron chi connectivity index (χ0n) is 12.3. The Hall–Kier alpha value is -0.740. The predicted octanol–water partition coefficient (Wildman–Crippen LogP) is 5.25. The summed E-state index contributed by atoms with van der Waals surface area (Å²) in [6.07, 6.45) is 6.11. The van der Waals surface area contributed by atoms with E-state index in [1.165, 1.54) is 29.6 Å². The van der Waals surface area contributed by atoms with E-state index in [0.717, 1.165) is 21.7 Å². The molecule has 0 bridgehead atoms. The third-order valence-corrected chi connectivity index (χ3v) is 6.61. The van der Waals surface area contributed by atoms with Gasteiger partial charge in [0.1, 0.15) is 0 Å². The molecule has 3 rings (SSSR count). The fourth-order valence-corrected chi connectivity index (χ4v) is 4.61. The quantitative estimate of drug-likeness (QED) is 0.783. The number of thioether (sulfide) groups is 1. The van der Waals surface area contributed by atoms with E-state index in [2.05, 4.69) is 48.6 Å².